The number of rotatable bonds is 4. The molecule has 16 heavy (non-hydrogen) atoms. The summed E-state index contributed by atoms with van der Waals surface area (Å²) in [4.78, 5) is 15.0. The first-order valence-corrected chi connectivity index (χ1v) is 5.99. The third-order valence-electron chi connectivity index (χ3n) is 2.34. The number of hydrogen-bond acceptors (Lipinski definition) is 3. The van der Waals surface area contributed by atoms with Gasteiger partial charge in [-0.1, -0.05) is 6.07 Å². The minimum Gasteiger partial charge on any atom is -0.334 e. The van der Waals surface area contributed by atoms with Crippen molar-refractivity contribution in [3.8, 4) is 0 Å². The highest BCUT2D eigenvalue weighted by Gasteiger charge is 2.15. The Bertz CT molecular complexity index is 436. The molecule has 2 rings (SSSR count). The molecule has 0 saturated carbocycles. The van der Waals surface area contributed by atoms with Gasteiger partial charge in [-0.15, -0.1) is 11.3 Å². The molecular weight excluding hydrogens is 222 g/mol. The van der Waals surface area contributed by atoms with Crippen molar-refractivity contribution < 1.29 is 4.79 Å². The van der Waals surface area contributed by atoms with Crippen molar-refractivity contribution in [2.45, 2.75) is 13.5 Å². The van der Waals surface area contributed by atoms with E-state index in [-0.39, 0.29) is 5.91 Å². The smallest absolute Gasteiger partial charge is 0.257 e. The molecule has 0 fully saturated rings. The minimum absolute atomic E-state index is 0.0182. The molecule has 0 aliphatic rings. The van der Waals surface area contributed by atoms with Crippen molar-refractivity contribution in [1.82, 2.24) is 15.1 Å². The number of amides is 1. The van der Waals surface area contributed by atoms with Crippen LogP contribution in [0.4, 0.5) is 0 Å². The second kappa shape index (κ2) is 4.94. The van der Waals surface area contributed by atoms with Crippen LogP contribution in [0.5, 0.6) is 0 Å². The first kappa shape index (κ1) is 10.9. The number of H-pyrrole nitrogens is 1. The Labute approximate surface area is 97.9 Å². The molecule has 0 aliphatic carbocycles. The van der Waals surface area contributed by atoms with Gasteiger partial charge in [-0.05, 0) is 18.4 Å². The second-order valence-corrected chi connectivity index (χ2v) is 4.42. The Balaban J connectivity index is 2.08. The maximum atomic E-state index is 12.0. The Morgan fingerprint density at radius 3 is 3.06 bits per heavy atom. The molecule has 0 saturated heterocycles. The van der Waals surface area contributed by atoms with Crippen LogP contribution in [-0.4, -0.2) is 27.5 Å². The molecule has 0 aliphatic heterocycles. The molecule has 0 unspecified atom stereocenters. The fraction of sp³-hybridized carbons (Fsp3) is 0.273. The molecule has 2 aromatic rings. The average Bonchev–Trinajstić information content (AvgIpc) is 2.97. The zero-order valence-electron chi connectivity index (χ0n) is 9.01. The van der Waals surface area contributed by atoms with Gasteiger partial charge in [-0.25, -0.2) is 0 Å². The normalized spacial score (nSPS) is 10.3. The summed E-state index contributed by atoms with van der Waals surface area (Å²) in [6, 6.07) is 4.03. The second-order valence-electron chi connectivity index (χ2n) is 3.39. The van der Waals surface area contributed by atoms with Gasteiger partial charge < -0.3 is 4.90 Å². The van der Waals surface area contributed by atoms with E-state index in [1.54, 1.807) is 28.6 Å². The fourth-order valence-electron chi connectivity index (χ4n) is 1.47. The molecule has 0 atom stereocenters. The zero-order chi connectivity index (χ0) is 11.4. The first-order valence-electron chi connectivity index (χ1n) is 5.11. The summed E-state index contributed by atoms with van der Waals surface area (Å²) >= 11 is 1.66. The molecule has 1 N–H and O–H groups in total. The van der Waals surface area contributed by atoms with Gasteiger partial charge in [0, 0.05) is 17.6 Å². The molecule has 0 radical (unpaired) electrons. The maximum Gasteiger partial charge on any atom is 0.257 e. The average molecular weight is 235 g/mol. The summed E-state index contributed by atoms with van der Waals surface area (Å²) in [5.74, 6) is 0.0182. The summed E-state index contributed by atoms with van der Waals surface area (Å²) in [6.45, 7) is 3.34. The highest BCUT2D eigenvalue weighted by molar-refractivity contribution is 7.09. The van der Waals surface area contributed by atoms with E-state index in [1.807, 2.05) is 24.4 Å². The Kier molecular flexibility index (Phi) is 3.36. The summed E-state index contributed by atoms with van der Waals surface area (Å²) in [7, 11) is 0. The third kappa shape index (κ3) is 2.30. The van der Waals surface area contributed by atoms with E-state index in [0.717, 1.165) is 0 Å². The van der Waals surface area contributed by atoms with Crippen LogP contribution in [0.3, 0.4) is 0 Å². The van der Waals surface area contributed by atoms with E-state index < -0.39 is 0 Å². The standard InChI is InChI=1S/C11H13N3OS/c1-2-14(8-10-4-3-5-16-10)11(15)9-6-12-13-7-9/h3-7H,2,8H2,1H3,(H,12,13). The van der Waals surface area contributed by atoms with Crippen molar-refractivity contribution in [3.05, 3.63) is 40.3 Å². The highest BCUT2D eigenvalue weighted by atomic mass is 32.1. The van der Waals surface area contributed by atoms with Crippen molar-refractivity contribution >= 4 is 17.2 Å². The maximum absolute atomic E-state index is 12.0. The summed E-state index contributed by atoms with van der Waals surface area (Å²) in [6.07, 6.45) is 3.18. The lowest BCUT2D eigenvalue weighted by atomic mass is 10.3. The molecule has 0 spiro atoms. The van der Waals surface area contributed by atoms with Gasteiger partial charge >= 0.3 is 0 Å². The third-order valence-corrected chi connectivity index (χ3v) is 3.20. The monoisotopic (exact) mass is 235 g/mol. The molecule has 4 nitrogen and oxygen atoms in total. The van der Waals surface area contributed by atoms with Gasteiger partial charge in [0.05, 0.1) is 18.3 Å². The van der Waals surface area contributed by atoms with Gasteiger partial charge in [0.2, 0.25) is 0 Å². The van der Waals surface area contributed by atoms with Gasteiger partial charge in [-0.3, -0.25) is 9.89 Å². The quantitative estimate of drug-likeness (QED) is 0.882. The lowest BCUT2D eigenvalue weighted by Crippen LogP contribution is -2.29. The van der Waals surface area contributed by atoms with E-state index in [4.69, 9.17) is 0 Å². The van der Waals surface area contributed by atoms with Crippen molar-refractivity contribution in [3.63, 3.8) is 0 Å². The Morgan fingerprint density at radius 2 is 2.50 bits per heavy atom. The first-order chi connectivity index (χ1) is 7.81. The predicted octanol–water partition coefficient (Wildman–Crippen LogP) is 2.13. The Morgan fingerprint density at radius 1 is 1.62 bits per heavy atom. The van der Waals surface area contributed by atoms with Crippen LogP contribution in [0.1, 0.15) is 22.2 Å². The van der Waals surface area contributed by atoms with Crippen LogP contribution < -0.4 is 0 Å². The van der Waals surface area contributed by atoms with Crippen molar-refractivity contribution in [1.29, 1.82) is 0 Å². The number of nitrogens with zero attached hydrogens (tertiary/aromatic N) is 2. The Hall–Kier alpha value is -1.62. The van der Waals surface area contributed by atoms with Crippen LogP contribution in [-0.2, 0) is 6.54 Å². The van der Waals surface area contributed by atoms with Crippen LogP contribution >= 0.6 is 11.3 Å². The summed E-state index contributed by atoms with van der Waals surface area (Å²) in [5.41, 5.74) is 0.610. The predicted molar refractivity (Wildman–Crippen MR) is 63.3 cm³/mol. The zero-order valence-corrected chi connectivity index (χ0v) is 9.83. The molecule has 2 heterocycles. The summed E-state index contributed by atoms with van der Waals surface area (Å²) < 4.78 is 0. The largest absolute Gasteiger partial charge is 0.334 e. The molecule has 1 amide bonds. The summed E-state index contributed by atoms with van der Waals surface area (Å²) in [5, 5.41) is 8.46. The van der Waals surface area contributed by atoms with E-state index in [1.165, 1.54) is 4.88 Å². The number of carbonyl (C=O) groups is 1. The van der Waals surface area contributed by atoms with Crippen molar-refractivity contribution in [2.75, 3.05) is 6.54 Å². The number of aromatic amines is 1. The van der Waals surface area contributed by atoms with Crippen LogP contribution in [0.2, 0.25) is 0 Å². The molecule has 0 bridgehead atoms. The minimum atomic E-state index is 0.0182. The van der Waals surface area contributed by atoms with E-state index in [2.05, 4.69) is 10.2 Å². The van der Waals surface area contributed by atoms with Crippen LogP contribution in [0, 0.1) is 0 Å². The molecule has 0 aromatic carbocycles. The highest BCUT2D eigenvalue weighted by Crippen LogP contribution is 2.13. The van der Waals surface area contributed by atoms with Crippen LogP contribution in [0.15, 0.2) is 29.9 Å². The fourth-order valence-corrected chi connectivity index (χ4v) is 2.19. The lowest BCUT2D eigenvalue weighted by Gasteiger charge is -2.19. The van der Waals surface area contributed by atoms with E-state index in [0.29, 0.717) is 18.7 Å². The number of thiophene rings is 1. The van der Waals surface area contributed by atoms with Crippen LogP contribution in [0.25, 0.3) is 0 Å². The van der Waals surface area contributed by atoms with Gasteiger partial charge in [-0.2, -0.15) is 5.10 Å². The molecule has 84 valence electrons. The van der Waals surface area contributed by atoms with Crippen molar-refractivity contribution in [2.24, 2.45) is 0 Å². The van der Waals surface area contributed by atoms with Gasteiger partial charge in [0.15, 0.2) is 0 Å². The number of aromatic nitrogens is 2. The van der Waals surface area contributed by atoms with E-state index in [9.17, 15) is 4.79 Å². The van der Waals surface area contributed by atoms with E-state index >= 15 is 0 Å². The lowest BCUT2D eigenvalue weighted by molar-refractivity contribution is 0.0754. The van der Waals surface area contributed by atoms with Gasteiger partial charge in [0.25, 0.3) is 5.91 Å². The topological polar surface area (TPSA) is 49.0 Å². The molecule has 5 heteroatoms. The number of carbonyl (C=O) groups excluding carboxylic acids is 1. The SMILES string of the molecule is CCN(Cc1cccs1)C(=O)c1cn[nH]c1. The van der Waals surface area contributed by atoms with Gasteiger partial charge in [0.1, 0.15) is 0 Å². The number of nitrogens with one attached hydrogen (secondary N) is 1. The number of hydrogen-bond donors (Lipinski definition) is 1. The molecular formula is C11H13N3OS. The molecule has 2 aromatic heterocycles.